The number of benzene rings is 3. The van der Waals surface area contributed by atoms with E-state index in [1.54, 1.807) is 41.0 Å². The predicted molar refractivity (Wildman–Crippen MR) is 194 cm³/mol. The number of ether oxygens (including phenoxy) is 2. The monoisotopic (exact) mass is 707 g/mol. The van der Waals surface area contributed by atoms with Gasteiger partial charge in [0.25, 0.3) is 11.5 Å². The zero-order valence-corrected chi connectivity index (χ0v) is 30.1. The molecule has 0 bridgehead atoms. The van der Waals surface area contributed by atoms with Gasteiger partial charge in [0, 0.05) is 41.6 Å². The van der Waals surface area contributed by atoms with Crippen molar-refractivity contribution in [2.75, 3.05) is 18.6 Å². The molecule has 0 aliphatic carbocycles. The van der Waals surface area contributed by atoms with Gasteiger partial charge in [0.1, 0.15) is 0 Å². The average Bonchev–Trinajstić information content (AvgIpc) is 3.79. The van der Waals surface area contributed by atoms with E-state index < -0.39 is 31.6 Å². The lowest BCUT2D eigenvalue weighted by Crippen LogP contribution is -2.45. The molecule has 12 heteroatoms. The zero-order valence-electron chi connectivity index (χ0n) is 29.1. The van der Waals surface area contributed by atoms with Crippen LogP contribution in [-0.4, -0.2) is 58.8 Å². The number of hydrogen-bond acceptors (Lipinski definition) is 7. The fraction of sp³-hybridized carbons (Fsp3) is 0.333. The Morgan fingerprint density at radius 1 is 1.00 bits per heavy atom. The summed E-state index contributed by atoms with van der Waals surface area (Å²) < 4.78 is 31.7. The first kappa shape index (κ1) is 34.5. The highest BCUT2D eigenvalue weighted by Gasteiger charge is 2.66. The topological polar surface area (TPSA) is 112 Å². The van der Waals surface area contributed by atoms with E-state index in [-0.39, 0.29) is 36.3 Å². The van der Waals surface area contributed by atoms with Crippen LogP contribution in [0.25, 0.3) is 5.69 Å². The number of aryl methyl sites for hydroxylation is 1. The summed E-state index contributed by atoms with van der Waals surface area (Å²) in [4.78, 5) is 29.3. The number of carbonyl (C=O) groups is 1. The van der Waals surface area contributed by atoms with E-state index in [0.717, 1.165) is 22.4 Å². The minimum atomic E-state index is -3.35. The zero-order chi connectivity index (χ0) is 35.9. The van der Waals surface area contributed by atoms with Gasteiger partial charge in [-0.2, -0.15) is 0 Å². The number of aromatic nitrogens is 4. The van der Waals surface area contributed by atoms with Gasteiger partial charge < -0.3 is 23.6 Å². The highest BCUT2D eigenvalue weighted by molar-refractivity contribution is 6.72. The molecular formula is C39H42FN5O5Si. The van der Waals surface area contributed by atoms with Crippen LogP contribution in [0, 0.1) is 5.92 Å². The number of para-hydroxylation sites is 1. The molecule has 264 valence electrons. The first-order valence-corrected chi connectivity index (χ1v) is 20.2. The molecule has 4 heterocycles. The van der Waals surface area contributed by atoms with Crippen LogP contribution in [0.2, 0.25) is 18.6 Å². The van der Waals surface area contributed by atoms with Gasteiger partial charge in [-0.05, 0) is 61.0 Å². The quantitative estimate of drug-likeness (QED) is 0.133. The molecule has 10 nitrogen and oxygen atoms in total. The van der Waals surface area contributed by atoms with Gasteiger partial charge in [0.2, 0.25) is 8.41 Å². The van der Waals surface area contributed by atoms with E-state index in [4.69, 9.17) is 9.47 Å². The van der Waals surface area contributed by atoms with E-state index >= 15 is 4.11 Å². The highest BCUT2D eigenvalue weighted by atomic mass is 28.4. The van der Waals surface area contributed by atoms with Gasteiger partial charge in [0.15, 0.2) is 11.4 Å². The van der Waals surface area contributed by atoms with Crippen molar-refractivity contribution in [2.24, 2.45) is 5.92 Å². The molecule has 1 spiro atoms. The Hall–Kier alpha value is -4.91. The summed E-state index contributed by atoms with van der Waals surface area (Å²) >= 11 is 0. The van der Waals surface area contributed by atoms with Crippen LogP contribution in [0.4, 0.5) is 9.80 Å². The van der Waals surface area contributed by atoms with Gasteiger partial charge >= 0.3 is 0 Å². The summed E-state index contributed by atoms with van der Waals surface area (Å²) in [5.74, 6) is -0.683. The molecule has 5 aromatic rings. The maximum Gasteiger partial charge on any atom is 0.297 e. The number of aliphatic hydroxyl groups excluding tert-OH is 1. The molecule has 0 saturated carbocycles. The minimum absolute atomic E-state index is 0.108. The lowest BCUT2D eigenvalue weighted by Gasteiger charge is -2.31. The lowest BCUT2D eigenvalue weighted by molar-refractivity contribution is -0.146. The molecule has 51 heavy (non-hydrogen) atoms. The Labute approximate surface area is 297 Å². The lowest BCUT2D eigenvalue weighted by atomic mass is 9.82. The number of amides is 1. The molecule has 1 N–H and O–H groups in total. The Morgan fingerprint density at radius 3 is 2.43 bits per heavy atom. The largest absolute Gasteiger partial charge is 0.491 e. The molecule has 2 aromatic heterocycles. The van der Waals surface area contributed by atoms with Crippen LogP contribution in [-0.2, 0) is 28.2 Å². The number of nitrogens with zero attached hydrogens (tertiary/aromatic N) is 5. The number of fused-ring (bicyclic) bond motifs is 2. The Kier molecular flexibility index (Phi) is 9.25. The summed E-state index contributed by atoms with van der Waals surface area (Å²) in [5.41, 5.74) is 2.59. The molecule has 1 unspecified atom stereocenters. The average molecular weight is 708 g/mol. The third kappa shape index (κ3) is 6.11. The first-order valence-electron chi connectivity index (χ1n) is 17.3. The molecule has 2 aliphatic heterocycles. The first-order chi connectivity index (χ1) is 24.6. The second-order valence-electron chi connectivity index (χ2n) is 13.9. The van der Waals surface area contributed by atoms with E-state index in [2.05, 4.69) is 10.3 Å². The van der Waals surface area contributed by atoms with Crippen molar-refractivity contribution in [3.8, 4) is 11.4 Å². The van der Waals surface area contributed by atoms with Gasteiger partial charge in [-0.15, -0.1) is 5.10 Å². The third-order valence-corrected chi connectivity index (χ3v) is 13.0. The van der Waals surface area contributed by atoms with Crippen molar-refractivity contribution < 1.29 is 23.5 Å². The fourth-order valence-corrected chi connectivity index (χ4v) is 10.6. The van der Waals surface area contributed by atoms with E-state index in [1.807, 2.05) is 92.0 Å². The number of pyridine rings is 1. The maximum atomic E-state index is 16.3. The predicted octanol–water partition coefficient (Wildman–Crippen LogP) is 5.97. The van der Waals surface area contributed by atoms with Crippen LogP contribution in [0.15, 0.2) is 108 Å². The smallest absolute Gasteiger partial charge is 0.297 e. The van der Waals surface area contributed by atoms with E-state index in [0.29, 0.717) is 24.3 Å². The molecule has 1 saturated heterocycles. The van der Waals surface area contributed by atoms with Crippen LogP contribution in [0.1, 0.15) is 41.6 Å². The van der Waals surface area contributed by atoms with Crippen molar-refractivity contribution >= 4 is 20.0 Å². The second kappa shape index (κ2) is 13.7. The van der Waals surface area contributed by atoms with Gasteiger partial charge in [-0.1, -0.05) is 72.8 Å². The van der Waals surface area contributed by atoms with Gasteiger partial charge in [0.05, 0.1) is 43.7 Å². The van der Waals surface area contributed by atoms with Crippen molar-refractivity contribution in [3.05, 3.63) is 136 Å². The van der Waals surface area contributed by atoms with E-state index in [9.17, 15) is 14.7 Å². The number of methoxy groups -OCH3 is 1. The fourth-order valence-electron chi connectivity index (χ4n) is 8.10. The van der Waals surface area contributed by atoms with Gasteiger partial charge in [-0.25, -0.2) is 0 Å². The number of halogens is 1. The van der Waals surface area contributed by atoms with Crippen molar-refractivity contribution in [3.63, 3.8) is 0 Å². The summed E-state index contributed by atoms with van der Waals surface area (Å²) in [6.45, 7) is 5.93. The van der Waals surface area contributed by atoms with Crippen molar-refractivity contribution in [1.82, 2.24) is 19.6 Å². The van der Waals surface area contributed by atoms with Crippen LogP contribution in [0.3, 0.4) is 0 Å². The number of hydrogen-bond donors (Lipinski definition) is 1. The summed E-state index contributed by atoms with van der Waals surface area (Å²) in [5, 5.41) is 18.8. The molecule has 2 aliphatic rings. The Balaban J connectivity index is 1.14. The summed E-state index contributed by atoms with van der Waals surface area (Å²) in [7, 11) is -1.89. The molecule has 7 rings (SSSR count). The molecule has 0 radical (unpaired) electrons. The van der Waals surface area contributed by atoms with E-state index in [1.165, 1.54) is 11.7 Å². The number of carbonyl (C=O) groups excluding carboxylic acids is 1. The standard InChI is InChI=1S/C39H42FN5O5Si/c1-26-36(51(3,4)40)34(20-22-43-24-32(41-42-43)30(25-46)28-11-6-5-7-12-28)50-39(26)31-13-8-9-14-33(31)45(38(39)48)23-27-16-18-29(19-17-27)44-21-10-15-35(49-2)37(44)47/h5-19,21,24,26,30,34,36,46H,20,22-23,25H2,1-4H3/t26-,30?,34+,36-,39+/m0/s1. The molecular weight excluding hydrogens is 666 g/mol. The molecule has 3 aromatic carbocycles. The van der Waals surface area contributed by atoms with Crippen LogP contribution < -0.4 is 15.2 Å². The SMILES string of the molecule is COc1cccn(-c2ccc(CN3C(=O)[C@]4(O[C@H](CCn5cc(C(CO)c6ccccc6)nn5)[C@@H]([Si](C)(C)F)[C@@H]4C)c4ccccc43)cc2)c1=O. The van der Waals surface area contributed by atoms with Crippen LogP contribution in [0.5, 0.6) is 5.75 Å². The highest BCUT2D eigenvalue weighted by Crippen LogP contribution is 2.60. The minimum Gasteiger partial charge on any atom is -0.491 e. The molecule has 1 amide bonds. The number of rotatable bonds is 11. The van der Waals surface area contributed by atoms with Crippen molar-refractivity contribution in [2.45, 2.75) is 62.7 Å². The Bertz CT molecular complexity index is 2080. The molecule has 1 fully saturated rings. The number of anilines is 1. The van der Waals surface area contributed by atoms with Gasteiger partial charge in [-0.3, -0.25) is 18.8 Å². The summed E-state index contributed by atoms with van der Waals surface area (Å²) in [6, 6.07) is 28.2. The normalized spacial score (nSPS) is 22.0. The number of aliphatic hydroxyl groups is 1. The Morgan fingerprint density at radius 2 is 1.73 bits per heavy atom. The summed E-state index contributed by atoms with van der Waals surface area (Å²) in [6.07, 6.45) is 3.42. The maximum absolute atomic E-state index is 16.3. The van der Waals surface area contributed by atoms with Crippen LogP contribution >= 0.6 is 0 Å². The van der Waals surface area contributed by atoms with Crippen molar-refractivity contribution in [1.29, 1.82) is 0 Å². The molecule has 5 atom stereocenters. The third-order valence-electron chi connectivity index (χ3n) is 10.5. The second-order valence-corrected chi connectivity index (χ2v) is 17.7.